The Morgan fingerprint density at radius 3 is 2.89 bits per heavy atom. The molecule has 0 bridgehead atoms. The smallest absolute Gasteiger partial charge is 0.332 e. The van der Waals surface area contributed by atoms with Crippen LogP contribution in [0.1, 0.15) is 17.0 Å². The van der Waals surface area contributed by atoms with Crippen LogP contribution in [-0.2, 0) is 0 Å². The van der Waals surface area contributed by atoms with Crippen molar-refractivity contribution in [3.05, 3.63) is 41.3 Å². The lowest BCUT2D eigenvalue weighted by Crippen LogP contribution is -2.24. The van der Waals surface area contributed by atoms with Crippen molar-refractivity contribution in [3.63, 3.8) is 0 Å². The molecule has 6 nitrogen and oxygen atoms in total. The van der Waals surface area contributed by atoms with Gasteiger partial charge in [0.15, 0.2) is 0 Å². The normalized spacial score (nSPS) is 10.8. The molecule has 2 amide bonds. The molecular formula is C13H14N4O2. The fourth-order valence-electron chi connectivity index (χ4n) is 1.84. The highest BCUT2D eigenvalue weighted by atomic mass is 16.5. The SMILES string of the molecule is Cc1noc(C)c1-c1cccc(C=NNC(N)=O)c1. The molecule has 2 rings (SSSR count). The van der Waals surface area contributed by atoms with Gasteiger partial charge in [-0.05, 0) is 31.0 Å². The van der Waals surface area contributed by atoms with E-state index in [2.05, 4.69) is 15.7 Å². The van der Waals surface area contributed by atoms with E-state index < -0.39 is 6.03 Å². The number of hydrazone groups is 1. The number of carbonyl (C=O) groups excluding carboxylic acids is 1. The van der Waals surface area contributed by atoms with E-state index in [0.717, 1.165) is 28.1 Å². The number of nitrogens with zero attached hydrogens (tertiary/aromatic N) is 2. The van der Waals surface area contributed by atoms with E-state index in [1.807, 2.05) is 38.1 Å². The maximum Gasteiger partial charge on any atom is 0.332 e. The van der Waals surface area contributed by atoms with E-state index in [0.29, 0.717) is 0 Å². The van der Waals surface area contributed by atoms with Crippen molar-refractivity contribution in [3.8, 4) is 11.1 Å². The monoisotopic (exact) mass is 258 g/mol. The second kappa shape index (κ2) is 5.34. The van der Waals surface area contributed by atoms with Crippen molar-refractivity contribution in [1.82, 2.24) is 10.6 Å². The van der Waals surface area contributed by atoms with Gasteiger partial charge in [-0.1, -0.05) is 23.4 Å². The second-order valence-electron chi connectivity index (χ2n) is 4.06. The van der Waals surface area contributed by atoms with Crippen LogP contribution in [0.15, 0.2) is 33.9 Å². The molecule has 0 radical (unpaired) electrons. The largest absolute Gasteiger partial charge is 0.361 e. The average molecular weight is 258 g/mol. The molecule has 0 aliphatic heterocycles. The summed E-state index contributed by atoms with van der Waals surface area (Å²) in [5, 5.41) is 7.65. The third-order valence-corrected chi connectivity index (χ3v) is 2.60. The summed E-state index contributed by atoms with van der Waals surface area (Å²) in [5.41, 5.74) is 10.7. The maximum atomic E-state index is 10.5. The number of aromatic nitrogens is 1. The Labute approximate surface area is 110 Å². The van der Waals surface area contributed by atoms with Crippen LogP contribution in [0, 0.1) is 13.8 Å². The van der Waals surface area contributed by atoms with Crippen LogP contribution in [0.25, 0.3) is 11.1 Å². The molecule has 0 aliphatic rings. The molecule has 1 heterocycles. The summed E-state index contributed by atoms with van der Waals surface area (Å²) in [5.74, 6) is 0.766. The summed E-state index contributed by atoms with van der Waals surface area (Å²) in [4.78, 5) is 10.5. The molecule has 0 spiro atoms. The fraction of sp³-hybridized carbons (Fsp3) is 0.154. The van der Waals surface area contributed by atoms with E-state index in [1.54, 1.807) is 0 Å². The lowest BCUT2D eigenvalue weighted by atomic mass is 10.0. The van der Waals surface area contributed by atoms with Gasteiger partial charge in [0.25, 0.3) is 0 Å². The Balaban J connectivity index is 2.30. The Morgan fingerprint density at radius 2 is 2.26 bits per heavy atom. The van der Waals surface area contributed by atoms with Crippen molar-refractivity contribution >= 4 is 12.2 Å². The minimum Gasteiger partial charge on any atom is -0.361 e. The number of amides is 2. The van der Waals surface area contributed by atoms with Crippen LogP contribution < -0.4 is 11.2 Å². The summed E-state index contributed by atoms with van der Waals surface area (Å²) in [6, 6.07) is 6.96. The van der Waals surface area contributed by atoms with Gasteiger partial charge in [0.05, 0.1) is 11.9 Å². The molecular weight excluding hydrogens is 244 g/mol. The Kier molecular flexibility index (Phi) is 3.61. The summed E-state index contributed by atoms with van der Waals surface area (Å²) in [6.45, 7) is 3.76. The van der Waals surface area contributed by atoms with Gasteiger partial charge >= 0.3 is 6.03 Å². The van der Waals surface area contributed by atoms with Gasteiger partial charge in [0.1, 0.15) is 5.76 Å². The molecule has 6 heteroatoms. The second-order valence-corrected chi connectivity index (χ2v) is 4.06. The van der Waals surface area contributed by atoms with Gasteiger partial charge < -0.3 is 10.3 Å². The van der Waals surface area contributed by atoms with E-state index in [-0.39, 0.29) is 0 Å². The number of hydrogen-bond acceptors (Lipinski definition) is 4. The quantitative estimate of drug-likeness (QED) is 0.651. The summed E-state index contributed by atoms with van der Waals surface area (Å²) in [7, 11) is 0. The summed E-state index contributed by atoms with van der Waals surface area (Å²) < 4.78 is 5.14. The fourth-order valence-corrected chi connectivity index (χ4v) is 1.84. The number of hydrogen-bond donors (Lipinski definition) is 2. The molecule has 0 fully saturated rings. The van der Waals surface area contributed by atoms with Crippen molar-refractivity contribution in [1.29, 1.82) is 0 Å². The first-order valence-electron chi connectivity index (χ1n) is 5.69. The molecule has 3 N–H and O–H groups in total. The standard InChI is InChI=1S/C13H14N4O2/c1-8-12(9(2)19-17-8)11-5-3-4-10(6-11)7-15-16-13(14)18/h3-7H,1-2H3,(H3,14,16,18). The summed E-state index contributed by atoms with van der Waals surface area (Å²) in [6.07, 6.45) is 1.52. The topological polar surface area (TPSA) is 93.5 Å². The summed E-state index contributed by atoms with van der Waals surface area (Å²) >= 11 is 0. The van der Waals surface area contributed by atoms with Crippen molar-refractivity contribution in [2.24, 2.45) is 10.8 Å². The molecule has 0 unspecified atom stereocenters. The van der Waals surface area contributed by atoms with Crippen LogP contribution in [0.3, 0.4) is 0 Å². The molecule has 1 aromatic carbocycles. The Morgan fingerprint density at radius 1 is 1.47 bits per heavy atom. The first kappa shape index (κ1) is 12.8. The molecule has 1 aromatic heterocycles. The highest BCUT2D eigenvalue weighted by Gasteiger charge is 2.11. The number of rotatable bonds is 3. The molecule has 0 aliphatic carbocycles. The molecule has 0 saturated carbocycles. The van der Waals surface area contributed by atoms with Gasteiger partial charge in [-0.2, -0.15) is 5.10 Å². The van der Waals surface area contributed by atoms with Gasteiger partial charge in [-0.3, -0.25) is 0 Å². The predicted octanol–water partition coefficient (Wildman–Crippen LogP) is 1.96. The highest BCUT2D eigenvalue weighted by Crippen LogP contribution is 2.26. The first-order chi connectivity index (χ1) is 9.08. The van der Waals surface area contributed by atoms with Crippen LogP contribution in [-0.4, -0.2) is 17.4 Å². The first-order valence-corrected chi connectivity index (χ1v) is 5.69. The van der Waals surface area contributed by atoms with Crippen molar-refractivity contribution in [2.45, 2.75) is 13.8 Å². The van der Waals surface area contributed by atoms with Crippen LogP contribution in [0.2, 0.25) is 0 Å². The minimum atomic E-state index is -0.696. The van der Waals surface area contributed by atoms with E-state index in [1.165, 1.54) is 6.21 Å². The van der Waals surface area contributed by atoms with Crippen molar-refractivity contribution < 1.29 is 9.32 Å². The number of urea groups is 1. The van der Waals surface area contributed by atoms with Crippen molar-refractivity contribution in [2.75, 3.05) is 0 Å². The molecule has 19 heavy (non-hydrogen) atoms. The van der Waals surface area contributed by atoms with Gasteiger partial charge in [0.2, 0.25) is 0 Å². The zero-order valence-electron chi connectivity index (χ0n) is 10.7. The molecule has 2 aromatic rings. The third kappa shape index (κ3) is 2.98. The number of primary amides is 1. The lowest BCUT2D eigenvalue weighted by molar-refractivity contribution is 0.249. The van der Waals surface area contributed by atoms with Crippen LogP contribution in [0.5, 0.6) is 0 Å². The Bertz CT molecular complexity index is 612. The van der Waals surface area contributed by atoms with Crippen LogP contribution >= 0.6 is 0 Å². The molecule has 0 atom stereocenters. The van der Waals surface area contributed by atoms with Gasteiger partial charge in [-0.15, -0.1) is 0 Å². The Hall–Kier alpha value is -2.63. The number of aryl methyl sites for hydroxylation is 2. The zero-order chi connectivity index (χ0) is 13.8. The zero-order valence-corrected chi connectivity index (χ0v) is 10.7. The van der Waals surface area contributed by atoms with E-state index >= 15 is 0 Å². The van der Waals surface area contributed by atoms with E-state index in [4.69, 9.17) is 10.3 Å². The van der Waals surface area contributed by atoms with Gasteiger partial charge in [0, 0.05) is 5.56 Å². The van der Waals surface area contributed by atoms with Crippen LogP contribution in [0.4, 0.5) is 4.79 Å². The average Bonchev–Trinajstić information content (AvgIpc) is 2.69. The number of nitrogens with two attached hydrogens (primary N) is 1. The molecule has 0 saturated heterocycles. The third-order valence-electron chi connectivity index (χ3n) is 2.60. The lowest BCUT2D eigenvalue weighted by Gasteiger charge is -2.01. The number of benzene rings is 1. The van der Waals surface area contributed by atoms with Gasteiger partial charge in [-0.25, -0.2) is 10.2 Å². The van der Waals surface area contributed by atoms with E-state index in [9.17, 15) is 4.79 Å². The maximum absolute atomic E-state index is 10.5. The predicted molar refractivity (Wildman–Crippen MR) is 71.7 cm³/mol. The molecule has 98 valence electrons. The number of carbonyl (C=O) groups is 1. The minimum absolute atomic E-state index is 0.696. The highest BCUT2D eigenvalue weighted by molar-refractivity contribution is 5.84. The number of nitrogens with one attached hydrogen (secondary N) is 1.